The van der Waals surface area contributed by atoms with Gasteiger partial charge in [-0.25, -0.2) is 4.98 Å². The summed E-state index contributed by atoms with van der Waals surface area (Å²) in [7, 11) is 3.63. The molecule has 0 aliphatic rings. The fraction of sp³-hybridized carbons (Fsp3) is 0.0870. The lowest BCUT2D eigenvalue weighted by Gasteiger charge is -2.14. The quantitative estimate of drug-likeness (QED) is 0.330. The predicted molar refractivity (Wildman–Crippen MR) is 131 cm³/mol. The van der Waals surface area contributed by atoms with E-state index in [1.807, 2.05) is 93.0 Å². The van der Waals surface area contributed by atoms with Gasteiger partial charge in [0.1, 0.15) is 9.98 Å². The van der Waals surface area contributed by atoms with Crippen molar-refractivity contribution < 1.29 is 0 Å². The van der Waals surface area contributed by atoms with Crippen LogP contribution in [0.1, 0.15) is 22.5 Å². The minimum atomic E-state index is 0.639. The topological polar surface area (TPSA) is 44.1 Å². The maximum absolute atomic E-state index is 5.47. The van der Waals surface area contributed by atoms with Crippen molar-refractivity contribution in [2.45, 2.75) is 0 Å². The van der Waals surface area contributed by atoms with E-state index in [2.05, 4.69) is 15.2 Å². The third-order valence-electron chi connectivity index (χ3n) is 4.15. The third kappa shape index (κ3) is 5.85. The van der Waals surface area contributed by atoms with Crippen LogP contribution in [0, 0.1) is 0 Å². The molecule has 0 amide bonds. The van der Waals surface area contributed by atoms with Crippen LogP contribution in [0.15, 0.2) is 89.1 Å². The predicted octanol–water partition coefficient (Wildman–Crippen LogP) is 4.36. The number of hydrogen-bond donors (Lipinski definition) is 0. The van der Waals surface area contributed by atoms with E-state index in [0.29, 0.717) is 21.4 Å². The van der Waals surface area contributed by atoms with Gasteiger partial charge in [-0.3, -0.25) is 10.0 Å². The Morgan fingerprint density at radius 1 is 0.667 bits per heavy atom. The molecule has 0 aliphatic carbocycles. The molecular formula is C23H21N5S2. The first kappa shape index (κ1) is 21.4. The summed E-state index contributed by atoms with van der Waals surface area (Å²) >= 11 is 10.9. The summed E-state index contributed by atoms with van der Waals surface area (Å²) in [6.07, 6.45) is 3.34. The molecule has 5 nitrogen and oxygen atoms in total. The number of pyridine rings is 1. The third-order valence-corrected chi connectivity index (χ3v) is 5.15. The maximum atomic E-state index is 5.47. The lowest BCUT2D eigenvalue weighted by atomic mass is 10.2. The van der Waals surface area contributed by atoms with Crippen molar-refractivity contribution in [3.05, 3.63) is 101 Å². The highest BCUT2D eigenvalue weighted by atomic mass is 32.1. The van der Waals surface area contributed by atoms with E-state index in [9.17, 15) is 0 Å². The lowest BCUT2D eigenvalue weighted by molar-refractivity contribution is 0.558. The Morgan fingerprint density at radius 2 is 1.07 bits per heavy atom. The van der Waals surface area contributed by atoms with Crippen LogP contribution >= 0.6 is 24.4 Å². The number of hydrogen-bond acceptors (Lipinski definition) is 5. The number of benzene rings is 2. The average molecular weight is 432 g/mol. The molecule has 0 unspecified atom stereocenters. The van der Waals surface area contributed by atoms with Crippen LogP contribution in [-0.2, 0) is 0 Å². The molecule has 0 aliphatic heterocycles. The SMILES string of the molecule is CN(N=Cc1cccc(C=NN(C)C(=S)c2ccccc2)n1)C(=S)c1ccccc1. The van der Waals surface area contributed by atoms with E-state index in [4.69, 9.17) is 24.4 Å². The highest BCUT2D eigenvalue weighted by molar-refractivity contribution is 7.80. The first-order valence-corrected chi connectivity index (χ1v) is 10.1. The highest BCUT2D eigenvalue weighted by Crippen LogP contribution is 2.07. The number of hydrazone groups is 2. The van der Waals surface area contributed by atoms with E-state index in [-0.39, 0.29) is 0 Å². The first-order chi connectivity index (χ1) is 14.5. The van der Waals surface area contributed by atoms with Gasteiger partial charge in [0.15, 0.2) is 0 Å². The minimum Gasteiger partial charge on any atom is -0.257 e. The van der Waals surface area contributed by atoms with E-state index < -0.39 is 0 Å². The van der Waals surface area contributed by atoms with Crippen molar-refractivity contribution in [2.75, 3.05) is 14.1 Å². The van der Waals surface area contributed by atoms with Gasteiger partial charge in [0, 0.05) is 25.2 Å². The van der Waals surface area contributed by atoms with Crippen LogP contribution in [0.5, 0.6) is 0 Å². The van der Waals surface area contributed by atoms with Gasteiger partial charge in [0.05, 0.1) is 23.8 Å². The van der Waals surface area contributed by atoms with Crippen molar-refractivity contribution in [1.29, 1.82) is 0 Å². The van der Waals surface area contributed by atoms with Gasteiger partial charge in [-0.1, -0.05) is 91.2 Å². The van der Waals surface area contributed by atoms with Gasteiger partial charge in [-0.2, -0.15) is 10.2 Å². The molecule has 0 N–H and O–H groups in total. The summed E-state index contributed by atoms with van der Waals surface area (Å²) in [5.74, 6) is 0. The van der Waals surface area contributed by atoms with Crippen LogP contribution in [-0.4, -0.2) is 51.5 Å². The van der Waals surface area contributed by atoms with Gasteiger partial charge in [-0.15, -0.1) is 0 Å². The molecule has 3 aromatic rings. The second kappa shape index (κ2) is 10.5. The van der Waals surface area contributed by atoms with Gasteiger partial charge in [0.25, 0.3) is 0 Å². The average Bonchev–Trinajstić information content (AvgIpc) is 2.81. The van der Waals surface area contributed by atoms with Crippen molar-refractivity contribution in [2.24, 2.45) is 10.2 Å². The second-order valence-electron chi connectivity index (χ2n) is 6.37. The van der Waals surface area contributed by atoms with Crippen LogP contribution in [0.25, 0.3) is 0 Å². The molecule has 0 saturated carbocycles. The van der Waals surface area contributed by atoms with E-state index in [1.54, 1.807) is 22.4 Å². The standard InChI is InChI=1S/C23H21N5S2/c1-27(22(29)18-10-5-3-6-11-18)24-16-20-14-9-15-21(26-20)17-25-28(2)23(30)19-12-7-4-8-13-19/h3-17H,1-2H3. The van der Waals surface area contributed by atoms with Crippen LogP contribution < -0.4 is 0 Å². The Balaban J connectivity index is 1.65. The Hall–Kier alpha value is -3.29. The Morgan fingerprint density at radius 3 is 1.47 bits per heavy atom. The maximum Gasteiger partial charge on any atom is 0.129 e. The number of rotatable bonds is 6. The zero-order valence-electron chi connectivity index (χ0n) is 16.7. The monoisotopic (exact) mass is 431 g/mol. The first-order valence-electron chi connectivity index (χ1n) is 9.26. The van der Waals surface area contributed by atoms with Gasteiger partial charge < -0.3 is 0 Å². The molecule has 1 heterocycles. The number of nitrogens with zero attached hydrogens (tertiary/aromatic N) is 5. The number of aromatic nitrogens is 1. The molecule has 0 atom stereocenters. The van der Waals surface area contributed by atoms with Crippen molar-refractivity contribution in [3.63, 3.8) is 0 Å². The molecule has 7 heteroatoms. The summed E-state index contributed by atoms with van der Waals surface area (Å²) in [6.45, 7) is 0. The number of thiocarbonyl (C=S) groups is 2. The fourth-order valence-corrected chi connectivity index (χ4v) is 2.91. The smallest absolute Gasteiger partial charge is 0.129 e. The molecule has 0 saturated heterocycles. The van der Waals surface area contributed by atoms with E-state index in [1.165, 1.54) is 0 Å². The van der Waals surface area contributed by atoms with Crippen LogP contribution in [0.4, 0.5) is 0 Å². The zero-order chi connectivity index (χ0) is 21.3. The molecular weight excluding hydrogens is 410 g/mol. The Kier molecular flexibility index (Phi) is 7.48. The van der Waals surface area contributed by atoms with Crippen LogP contribution in [0.2, 0.25) is 0 Å². The molecule has 30 heavy (non-hydrogen) atoms. The van der Waals surface area contributed by atoms with Crippen molar-refractivity contribution in [1.82, 2.24) is 15.0 Å². The molecule has 0 radical (unpaired) electrons. The molecule has 3 rings (SSSR count). The zero-order valence-corrected chi connectivity index (χ0v) is 18.3. The molecule has 0 bridgehead atoms. The van der Waals surface area contributed by atoms with Crippen molar-refractivity contribution >= 4 is 46.8 Å². The highest BCUT2D eigenvalue weighted by Gasteiger charge is 2.06. The molecule has 0 fully saturated rings. The second-order valence-corrected chi connectivity index (χ2v) is 7.14. The molecule has 2 aromatic carbocycles. The van der Waals surface area contributed by atoms with Crippen molar-refractivity contribution in [3.8, 4) is 0 Å². The minimum absolute atomic E-state index is 0.639. The molecule has 150 valence electrons. The van der Waals surface area contributed by atoms with Gasteiger partial charge in [-0.05, 0) is 12.1 Å². The summed E-state index contributed by atoms with van der Waals surface area (Å²) < 4.78 is 0. The molecule has 1 aromatic heterocycles. The van der Waals surface area contributed by atoms with Crippen LogP contribution in [0.3, 0.4) is 0 Å². The molecule has 0 spiro atoms. The van der Waals surface area contributed by atoms with Gasteiger partial charge in [0.2, 0.25) is 0 Å². The van der Waals surface area contributed by atoms with Gasteiger partial charge >= 0.3 is 0 Å². The summed E-state index contributed by atoms with van der Waals surface area (Å²) in [5, 5.41) is 12.1. The van der Waals surface area contributed by atoms with E-state index >= 15 is 0 Å². The Bertz CT molecular complexity index is 982. The summed E-state index contributed by atoms with van der Waals surface area (Å²) in [5.41, 5.74) is 3.29. The normalized spacial score (nSPS) is 11.0. The summed E-state index contributed by atoms with van der Waals surface area (Å²) in [6, 6.07) is 25.2. The largest absolute Gasteiger partial charge is 0.257 e. The fourth-order valence-electron chi connectivity index (χ4n) is 2.54. The van der Waals surface area contributed by atoms with E-state index in [0.717, 1.165) is 11.1 Å². The summed E-state index contributed by atoms with van der Waals surface area (Å²) in [4.78, 5) is 5.82. The Labute approximate surface area is 187 Å². The lowest BCUT2D eigenvalue weighted by Crippen LogP contribution is -2.20.